The number of hydrogen-bond donors (Lipinski definition) is 0. The zero-order valence-electron chi connectivity index (χ0n) is 13.3. The molecule has 22 heavy (non-hydrogen) atoms. The average molecular weight is 315 g/mol. The lowest BCUT2D eigenvalue weighted by Crippen LogP contribution is -2.39. The van der Waals surface area contributed by atoms with Crippen LogP contribution >= 0.6 is 11.8 Å². The molecule has 1 fully saturated rings. The SMILES string of the molecule is CSc1ccc(CN2CCCC[C@H]2CCn2ccnc2)cc1. The summed E-state index contributed by atoms with van der Waals surface area (Å²) in [5.41, 5.74) is 1.44. The number of nitrogens with zero attached hydrogens (tertiary/aromatic N) is 3. The maximum atomic E-state index is 4.14. The minimum Gasteiger partial charge on any atom is -0.337 e. The van der Waals surface area contributed by atoms with Crippen LogP contribution in [0.3, 0.4) is 0 Å². The molecule has 1 aromatic carbocycles. The molecular weight excluding hydrogens is 290 g/mol. The van der Waals surface area contributed by atoms with E-state index in [0.29, 0.717) is 6.04 Å². The lowest BCUT2D eigenvalue weighted by Gasteiger charge is -2.36. The first kappa shape index (κ1) is 15.6. The molecule has 3 rings (SSSR count). The minimum atomic E-state index is 0.705. The van der Waals surface area contributed by atoms with Crippen LogP contribution in [0.25, 0.3) is 0 Å². The summed E-state index contributed by atoms with van der Waals surface area (Å²) in [5, 5.41) is 0. The Balaban J connectivity index is 1.58. The number of hydrogen-bond acceptors (Lipinski definition) is 3. The van der Waals surface area contributed by atoms with Crippen molar-refractivity contribution in [3.8, 4) is 0 Å². The first-order valence-electron chi connectivity index (χ1n) is 8.18. The Labute approximate surface area is 137 Å². The van der Waals surface area contributed by atoms with E-state index in [1.165, 1.54) is 42.7 Å². The first-order chi connectivity index (χ1) is 10.8. The summed E-state index contributed by atoms with van der Waals surface area (Å²) >= 11 is 1.81. The fourth-order valence-electron chi connectivity index (χ4n) is 3.28. The Morgan fingerprint density at radius 2 is 2.09 bits per heavy atom. The maximum absolute atomic E-state index is 4.14. The Kier molecular flexibility index (Phi) is 5.57. The van der Waals surface area contributed by atoms with Crippen molar-refractivity contribution in [3.05, 3.63) is 48.5 Å². The molecule has 1 aromatic heterocycles. The minimum absolute atomic E-state index is 0.705. The number of likely N-dealkylation sites (tertiary alicyclic amines) is 1. The third kappa shape index (κ3) is 4.14. The Hall–Kier alpha value is -1.26. The van der Waals surface area contributed by atoms with Gasteiger partial charge in [-0.15, -0.1) is 11.8 Å². The molecule has 118 valence electrons. The Morgan fingerprint density at radius 3 is 2.82 bits per heavy atom. The molecule has 3 nitrogen and oxygen atoms in total. The van der Waals surface area contributed by atoms with Gasteiger partial charge in [-0.25, -0.2) is 4.98 Å². The van der Waals surface area contributed by atoms with Crippen molar-refractivity contribution in [1.82, 2.24) is 14.5 Å². The van der Waals surface area contributed by atoms with Gasteiger partial charge in [0.1, 0.15) is 0 Å². The molecule has 0 unspecified atom stereocenters. The highest BCUT2D eigenvalue weighted by atomic mass is 32.2. The average Bonchev–Trinajstić information content (AvgIpc) is 3.08. The molecule has 0 bridgehead atoms. The van der Waals surface area contributed by atoms with Crippen LogP contribution in [0, 0.1) is 0 Å². The summed E-state index contributed by atoms with van der Waals surface area (Å²) in [4.78, 5) is 8.16. The predicted molar refractivity (Wildman–Crippen MR) is 93.1 cm³/mol. The highest BCUT2D eigenvalue weighted by Crippen LogP contribution is 2.23. The number of imidazole rings is 1. The zero-order valence-corrected chi connectivity index (χ0v) is 14.1. The number of piperidine rings is 1. The Morgan fingerprint density at radius 1 is 1.23 bits per heavy atom. The van der Waals surface area contributed by atoms with Gasteiger partial charge in [-0.3, -0.25) is 4.90 Å². The Bertz CT molecular complexity index is 550. The van der Waals surface area contributed by atoms with Gasteiger partial charge in [-0.1, -0.05) is 18.6 Å². The van der Waals surface area contributed by atoms with E-state index in [1.807, 2.05) is 24.3 Å². The highest BCUT2D eigenvalue weighted by molar-refractivity contribution is 7.98. The molecule has 0 N–H and O–H groups in total. The third-order valence-corrected chi connectivity index (χ3v) is 5.32. The van der Waals surface area contributed by atoms with Crippen molar-refractivity contribution in [2.75, 3.05) is 12.8 Å². The second kappa shape index (κ2) is 7.84. The lowest BCUT2D eigenvalue weighted by atomic mass is 9.98. The van der Waals surface area contributed by atoms with E-state index in [2.05, 4.69) is 51.2 Å². The highest BCUT2D eigenvalue weighted by Gasteiger charge is 2.22. The summed E-state index contributed by atoms with van der Waals surface area (Å²) in [6, 6.07) is 9.76. The van der Waals surface area contributed by atoms with Crippen LogP contribution in [0.4, 0.5) is 0 Å². The fraction of sp³-hybridized carbons (Fsp3) is 0.500. The van der Waals surface area contributed by atoms with Crippen molar-refractivity contribution in [3.63, 3.8) is 0 Å². The smallest absolute Gasteiger partial charge is 0.0945 e. The lowest BCUT2D eigenvalue weighted by molar-refractivity contribution is 0.128. The van der Waals surface area contributed by atoms with Gasteiger partial charge < -0.3 is 4.57 Å². The molecule has 0 aliphatic carbocycles. The molecule has 0 saturated carbocycles. The third-order valence-electron chi connectivity index (χ3n) is 4.57. The molecule has 1 aliphatic heterocycles. The van der Waals surface area contributed by atoms with Gasteiger partial charge in [-0.2, -0.15) is 0 Å². The van der Waals surface area contributed by atoms with Gasteiger partial charge in [0.2, 0.25) is 0 Å². The van der Waals surface area contributed by atoms with E-state index in [0.717, 1.165) is 13.1 Å². The fourth-order valence-corrected chi connectivity index (χ4v) is 3.69. The molecule has 2 heterocycles. The summed E-state index contributed by atoms with van der Waals surface area (Å²) in [5.74, 6) is 0. The second-order valence-electron chi connectivity index (χ2n) is 6.06. The van der Waals surface area contributed by atoms with Gasteiger partial charge in [0.15, 0.2) is 0 Å². The quantitative estimate of drug-likeness (QED) is 0.750. The normalized spacial score (nSPS) is 19.4. The molecule has 2 aromatic rings. The van der Waals surface area contributed by atoms with E-state index >= 15 is 0 Å². The topological polar surface area (TPSA) is 21.1 Å². The van der Waals surface area contributed by atoms with Gasteiger partial charge in [0.25, 0.3) is 0 Å². The van der Waals surface area contributed by atoms with E-state index in [9.17, 15) is 0 Å². The first-order valence-corrected chi connectivity index (χ1v) is 9.40. The number of thioether (sulfide) groups is 1. The molecule has 4 heteroatoms. The number of rotatable bonds is 6. The molecule has 1 aliphatic rings. The number of aryl methyl sites for hydroxylation is 1. The standard InChI is InChI=1S/C18H25N3S/c1-22-18-7-5-16(6-8-18)14-21-11-3-2-4-17(21)9-12-20-13-10-19-15-20/h5-8,10,13,15,17H,2-4,9,11-12,14H2,1H3/t17-/m0/s1. The zero-order chi connectivity index (χ0) is 15.2. The van der Waals surface area contributed by atoms with Crippen LogP contribution in [0.2, 0.25) is 0 Å². The number of benzene rings is 1. The van der Waals surface area contributed by atoms with E-state index in [4.69, 9.17) is 0 Å². The van der Waals surface area contributed by atoms with Crippen LogP contribution in [-0.4, -0.2) is 33.3 Å². The molecule has 1 atom stereocenters. The van der Waals surface area contributed by atoms with Crippen molar-refractivity contribution in [1.29, 1.82) is 0 Å². The van der Waals surface area contributed by atoms with Crippen LogP contribution in [-0.2, 0) is 13.1 Å². The molecule has 0 spiro atoms. The van der Waals surface area contributed by atoms with Crippen LogP contribution in [0.15, 0.2) is 47.9 Å². The largest absolute Gasteiger partial charge is 0.337 e. The van der Waals surface area contributed by atoms with Gasteiger partial charge in [0.05, 0.1) is 6.33 Å². The van der Waals surface area contributed by atoms with Crippen molar-refractivity contribution >= 4 is 11.8 Å². The van der Waals surface area contributed by atoms with Crippen molar-refractivity contribution in [2.45, 2.75) is 49.7 Å². The van der Waals surface area contributed by atoms with Crippen LogP contribution in [0.1, 0.15) is 31.2 Å². The van der Waals surface area contributed by atoms with Gasteiger partial charge in [-0.05, 0) is 49.8 Å². The van der Waals surface area contributed by atoms with E-state index in [1.54, 1.807) is 0 Å². The van der Waals surface area contributed by atoms with E-state index in [-0.39, 0.29) is 0 Å². The molecular formula is C18H25N3S. The second-order valence-corrected chi connectivity index (χ2v) is 6.94. The summed E-state index contributed by atoms with van der Waals surface area (Å²) in [6.07, 6.45) is 13.2. The number of aromatic nitrogens is 2. The van der Waals surface area contributed by atoms with Gasteiger partial charge in [0, 0.05) is 36.4 Å². The van der Waals surface area contributed by atoms with Crippen LogP contribution in [0.5, 0.6) is 0 Å². The van der Waals surface area contributed by atoms with Crippen molar-refractivity contribution in [2.24, 2.45) is 0 Å². The van der Waals surface area contributed by atoms with E-state index < -0.39 is 0 Å². The monoisotopic (exact) mass is 315 g/mol. The summed E-state index contributed by atoms with van der Waals surface area (Å²) in [6.45, 7) is 3.40. The van der Waals surface area contributed by atoms with Crippen LogP contribution < -0.4 is 0 Å². The van der Waals surface area contributed by atoms with Gasteiger partial charge >= 0.3 is 0 Å². The summed E-state index contributed by atoms with van der Waals surface area (Å²) < 4.78 is 2.19. The maximum Gasteiger partial charge on any atom is 0.0945 e. The predicted octanol–water partition coefficient (Wildman–Crippen LogP) is 4.05. The molecule has 0 radical (unpaired) electrons. The molecule has 1 saturated heterocycles. The molecule has 0 amide bonds. The summed E-state index contributed by atoms with van der Waals surface area (Å²) in [7, 11) is 0. The van der Waals surface area contributed by atoms with Crippen molar-refractivity contribution < 1.29 is 0 Å².